The first-order valence-electron chi connectivity index (χ1n) is 7.49. The number of hydrogen-bond acceptors (Lipinski definition) is 3. The fraction of sp³-hybridized carbons (Fsp3) is 1.00. The summed E-state index contributed by atoms with van der Waals surface area (Å²) in [7, 11) is 0. The summed E-state index contributed by atoms with van der Waals surface area (Å²) in [6.45, 7) is 5.71. The molecule has 3 nitrogen and oxygen atoms in total. The Kier molecular flexibility index (Phi) is 3.69. The maximum atomic E-state index is 5.95. The Balaban J connectivity index is 1.64. The van der Waals surface area contributed by atoms with Crippen LogP contribution in [0.2, 0.25) is 0 Å². The van der Waals surface area contributed by atoms with Gasteiger partial charge >= 0.3 is 0 Å². The van der Waals surface area contributed by atoms with E-state index in [0.29, 0.717) is 12.2 Å². The number of likely N-dealkylation sites (N-methyl/N-ethyl adjacent to an activating group) is 1. The predicted octanol–water partition coefficient (Wildman–Crippen LogP) is 1.77. The summed E-state index contributed by atoms with van der Waals surface area (Å²) in [6.07, 6.45) is 9.24. The van der Waals surface area contributed by atoms with Gasteiger partial charge in [0.05, 0.1) is 12.2 Å². The molecule has 1 saturated carbocycles. The van der Waals surface area contributed by atoms with Gasteiger partial charge < -0.3 is 10.1 Å². The van der Waals surface area contributed by atoms with Gasteiger partial charge in [0.1, 0.15) is 0 Å². The zero-order chi connectivity index (χ0) is 11.7. The molecular weight excluding hydrogens is 212 g/mol. The summed E-state index contributed by atoms with van der Waals surface area (Å²) in [4.78, 5) is 2.73. The third kappa shape index (κ3) is 2.51. The molecule has 3 fully saturated rings. The second-order valence-electron chi connectivity index (χ2n) is 5.93. The van der Waals surface area contributed by atoms with Crippen LogP contribution >= 0.6 is 0 Å². The van der Waals surface area contributed by atoms with E-state index in [2.05, 4.69) is 17.1 Å². The summed E-state index contributed by atoms with van der Waals surface area (Å²) < 4.78 is 5.95. The molecule has 2 bridgehead atoms. The van der Waals surface area contributed by atoms with Crippen molar-refractivity contribution in [1.29, 1.82) is 0 Å². The number of nitrogens with one attached hydrogen (secondary N) is 1. The van der Waals surface area contributed by atoms with Crippen molar-refractivity contribution in [1.82, 2.24) is 10.2 Å². The molecule has 1 aliphatic carbocycles. The first-order chi connectivity index (χ1) is 8.36. The number of hydrogen-bond donors (Lipinski definition) is 1. The van der Waals surface area contributed by atoms with Crippen molar-refractivity contribution in [2.75, 3.05) is 19.6 Å². The molecule has 2 heterocycles. The Morgan fingerprint density at radius 1 is 1.06 bits per heavy atom. The van der Waals surface area contributed by atoms with Crippen molar-refractivity contribution < 1.29 is 4.74 Å². The average Bonchev–Trinajstić information content (AvgIpc) is 2.69. The van der Waals surface area contributed by atoms with Crippen molar-refractivity contribution in [2.45, 2.75) is 69.7 Å². The van der Waals surface area contributed by atoms with E-state index in [1.807, 2.05) is 0 Å². The highest BCUT2D eigenvalue weighted by molar-refractivity contribution is 4.94. The van der Waals surface area contributed by atoms with E-state index in [0.717, 1.165) is 18.6 Å². The molecule has 1 N–H and O–H groups in total. The molecule has 2 aliphatic heterocycles. The van der Waals surface area contributed by atoms with E-state index in [1.54, 1.807) is 0 Å². The van der Waals surface area contributed by atoms with Crippen molar-refractivity contribution in [2.24, 2.45) is 0 Å². The molecule has 17 heavy (non-hydrogen) atoms. The Hall–Kier alpha value is -0.120. The van der Waals surface area contributed by atoms with Crippen LogP contribution in [-0.4, -0.2) is 48.8 Å². The molecule has 0 aromatic heterocycles. The average molecular weight is 238 g/mol. The highest BCUT2D eigenvalue weighted by Crippen LogP contribution is 2.31. The Bertz CT molecular complexity index is 245. The molecule has 2 saturated heterocycles. The molecule has 3 aliphatic rings. The van der Waals surface area contributed by atoms with E-state index in [4.69, 9.17) is 4.74 Å². The predicted molar refractivity (Wildman–Crippen MR) is 69.2 cm³/mol. The van der Waals surface area contributed by atoms with Crippen LogP contribution in [-0.2, 0) is 4.74 Å². The van der Waals surface area contributed by atoms with Gasteiger partial charge in [-0.15, -0.1) is 0 Å². The van der Waals surface area contributed by atoms with Crippen LogP contribution < -0.4 is 5.32 Å². The minimum atomic E-state index is 0.540. The third-order valence-corrected chi connectivity index (χ3v) is 4.74. The van der Waals surface area contributed by atoms with Gasteiger partial charge in [0, 0.05) is 25.2 Å². The maximum Gasteiger partial charge on any atom is 0.0707 e. The van der Waals surface area contributed by atoms with Crippen LogP contribution in [0.15, 0.2) is 0 Å². The standard InChI is InChI=1S/C14H26N2O/c1-2-15-13-5-3-4-6-14(13)16-9-11-7-8-12(10-16)17-11/h11-15H,2-10H2,1H3. The number of morpholine rings is 1. The molecule has 0 radical (unpaired) electrons. The highest BCUT2D eigenvalue weighted by atomic mass is 16.5. The lowest BCUT2D eigenvalue weighted by atomic mass is 9.88. The van der Waals surface area contributed by atoms with Gasteiger partial charge in [-0.1, -0.05) is 19.8 Å². The minimum absolute atomic E-state index is 0.540. The number of nitrogens with zero attached hydrogens (tertiary/aromatic N) is 1. The monoisotopic (exact) mass is 238 g/mol. The first-order valence-corrected chi connectivity index (χ1v) is 7.49. The molecule has 0 aromatic carbocycles. The quantitative estimate of drug-likeness (QED) is 0.811. The van der Waals surface area contributed by atoms with Gasteiger partial charge in [-0.05, 0) is 32.2 Å². The lowest BCUT2D eigenvalue weighted by Gasteiger charge is -2.44. The van der Waals surface area contributed by atoms with Gasteiger partial charge in [0.25, 0.3) is 0 Å². The number of fused-ring (bicyclic) bond motifs is 2. The van der Waals surface area contributed by atoms with Gasteiger partial charge in [-0.25, -0.2) is 0 Å². The fourth-order valence-corrected chi connectivity index (χ4v) is 3.97. The van der Waals surface area contributed by atoms with E-state index >= 15 is 0 Å². The second-order valence-corrected chi connectivity index (χ2v) is 5.93. The van der Waals surface area contributed by atoms with E-state index in [-0.39, 0.29) is 0 Å². The van der Waals surface area contributed by atoms with Crippen LogP contribution in [0.1, 0.15) is 45.4 Å². The summed E-state index contributed by atoms with van der Waals surface area (Å²) in [5, 5.41) is 3.70. The molecule has 3 rings (SSSR count). The van der Waals surface area contributed by atoms with Crippen LogP contribution in [0.3, 0.4) is 0 Å². The Morgan fingerprint density at radius 2 is 1.76 bits per heavy atom. The van der Waals surface area contributed by atoms with Crippen LogP contribution in [0.25, 0.3) is 0 Å². The van der Waals surface area contributed by atoms with Gasteiger partial charge in [-0.2, -0.15) is 0 Å². The summed E-state index contributed by atoms with van der Waals surface area (Å²) in [5.41, 5.74) is 0. The van der Waals surface area contributed by atoms with Gasteiger partial charge in [0.2, 0.25) is 0 Å². The molecular formula is C14H26N2O. The van der Waals surface area contributed by atoms with Crippen molar-refractivity contribution >= 4 is 0 Å². The Labute approximate surface area is 105 Å². The molecule has 4 atom stereocenters. The maximum absolute atomic E-state index is 5.95. The highest BCUT2D eigenvalue weighted by Gasteiger charge is 2.39. The first kappa shape index (κ1) is 11.9. The molecule has 98 valence electrons. The number of rotatable bonds is 3. The van der Waals surface area contributed by atoms with E-state index < -0.39 is 0 Å². The van der Waals surface area contributed by atoms with Crippen LogP contribution in [0, 0.1) is 0 Å². The number of likely N-dealkylation sites (tertiary alicyclic amines) is 1. The molecule has 0 spiro atoms. The molecule has 4 unspecified atom stereocenters. The van der Waals surface area contributed by atoms with Crippen molar-refractivity contribution in [3.05, 3.63) is 0 Å². The third-order valence-electron chi connectivity index (χ3n) is 4.74. The zero-order valence-electron chi connectivity index (χ0n) is 11.0. The zero-order valence-corrected chi connectivity index (χ0v) is 11.0. The topological polar surface area (TPSA) is 24.5 Å². The molecule has 0 amide bonds. The summed E-state index contributed by atoms with van der Waals surface area (Å²) in [5.74, 6) is 0. The lowest BCUT2D eigenvalue weighted by molar-refractivity contribution is -0.0620. The van der Waals surface area contributed by atoms with E-state index in [9.17, 15) is 0 Å². The minimum Gasteiger partial charge on any atom is -0.372 e. The summed E-state index contributed by atoms with van der Waals surface area (Å²) >= 11 is 0. The smallest absolute Gasteiger partial charge is 0.0707 e. The van der Waals surface area contributed by atoms with Crippen molar-refractivity contribution in [3.8, 4) is 0 Å². The Morgan fingerprint density at radius 3 is 2.47 bits per heavy atom. The SMILES string of the molecule is CCNC1CCCCC1N1CC2CCC(C1)O2. The molecule has 3 heteroatoms. The number of ether oxygens (including phenoxy) is 1. The normalized spacial score (nSPS) is 42.9. The fourth-order valence-electron chi connectivity index (χ4n) is 3.97. The van der Waals surface area contributed by atoms with Crippen LogP contribution in [0.5, 0.6) is 0 Å². The lowest BCUT2D eigenvalue weighted by Crippen LogP contribution is -2.56. The van der Waals surface area contributed by atoms with Crippen LogP contribution in [0.4, 0.5) is 0 Å². The largest absolute Gasteiger partial charge is 0.372 e. The van der Waals surface area contributed by atoms with Gasteiger partial charge in [0.15, 0.2) is 0 Å². The van der Waals surface area contributed by atoms with Crippen molar-refractivity contribution in [3.63, 3.8) is 0 Å². The van der Waals surface area contributed by atoms with E-state index in [1.165, 1.54) is 51.6 Å². The summed E-state index contributed by atoms with van der Waals surface area (Å²) in [6, 6.07) is 1.50. The molecule has 0 aromatic rings. The second kappa shape index (κ2) is 5.25. The van der Waals surface area contributed by atoms with Gasteiger partial charge in [-0.3, -0.25) is 4.90 Å².